The molecule has 168 valence electrons. The Morgan fingerprint density at radius 2 is 2.10 bits per heavy atom. The van der Waals surface area contributed by atoms with Crippen LogP contribution >= 0.6 is 0 Å². The fraction of sp³-hybridized carbons (Fsp3) is 0.478. The van der Waals surface area contributed by atoms with Crippen LogP contribution in [0.2, 0.25) is 0 Å². The molecule has 1 aromatic heterocycles. The summed E-state index contributed by atoms with van der Waals surface area (Å²) in [5.74, 6) is -1.06. The molecule has 0 saturated heterocycles. The van der Waals surface area contributed by atoms with Gasteiger partial charge in [-0.15, -0.1) is 0 Å². The van der Waals surface area contributed by atoms with Crippen molar-refractivity contribution < 1.29 is 28.5 Å². The van der Waals surface area contributed by atoms with Gasteiger partial charge in [0.2, 0.25) is 6.29 Å². The summed E-state index contributed by atoms with van der Waals surface area (Å²) in [6.07, 6.45) is 3.43. The van der Waals surface area contributed by atoms with Gasteiger partial charge in [0, 0.05) is 44.3 Å². The molecule has 0 radical (unpaired) electrons. The molecule has 2 aromatic rings. The highest BCUT2D eigenvalue weighted by molar-refractivity contribution is 5.91. The van der Waals surface area contributed by atoms with E-state index < -0.39 is 18.1 Å². The van der Waals surface area contributed by atoms with Gasteiger partial charge >= 0.3 is 0 Å². The second-order valence-electron chi connectivity index (χ2n) is 7.29. The molecular weight excluding hydrogens is 402 g/mol. The third-order valence-electron chi connectivity index (χ3n) is 5.29. The largest absolute Gasteiger partial charge is 0.464 e. The summed E-state index contributed by atoms with van der Waals surface area (Å²) < 4.78 is 22.4. The van der Waals surface area contributed by atoms with Crippen molar-refractivity contribution in [2.24, 2.45) is 5.92 Å². The van der Waals surface area contributed by atoms with Gasteiger partial charge < -0.3 is 29.1 Å². The van der Waals surface area contributed by atoms with Crippen molar-refractivity contribution in [3.05, 3.63) is 58.2 Å². The Balaban J connectivity index is 2.04. The minimum Gasteiger partial charge on any atom is -0.464 e. The van der Waals surface area contributed by atoms with E-state index in [2.05, 4.69) is 5.32 Å². The number of carbonyl (C=O) groups is 1. The average molecular weight is 431 g/mol. The second kappa shape index (κ2) is 11.1. The van der Waals surface area contributed by atoms with Crippen LogP contribution in [0.25, 0.3) is 11.0 Å². The zero-order chi connectivity index (χ0) is 22.2. The Morgan fingerprint density at radius 1 is 1.29 bits per heavy atom. The first-order chi connectivity index (χ1) is 15.1. The Morgan fingerprint density at radius 3 is 2.84 bits per heavy atom. The van der Waals surface area contributed by atoms with Crippen LogP contribution in [0.4, 0.5) is 0 Å². The third-order valence-corrected chi connectivity index (χ3v) is 5.29. The molecular formula is C23H29NO7. The average Bonchev–Trinajstić information content (AvgIpc) is 2.78. The zero-order valence-corrected chi connectivity index (χ0v) is 17.8. The number of aliphatic hydroxyl groups excluding tert-OH is 1. The van der Waals surface area contributed by atoms with Crippen LogP contribution in [0.1, 0.15) is 31.2 Å². The number of carbonyl (C=O) groups excluding carboxylic acids is 1. The summed E-state index contributed by atoms with van der Waals surface area (Å²) in [5.41, 5.74) is 0.767. The molecule has 8 heteroatoms. The van der Waals surface area contributed by atoms with Gasteiger partial charge in [-0.25, -0.2) is 0 Å². The summed E-state index contributed by atoms with van der Waals surface area (Å²) in [5, 5.41) is 12.6. The van der Waals surface area contributed by atoms with E-state index in [9.17, 15) is 14.7 Å². The SMILES string of the molecule is CCO[C@@H]1OC(C(=O)NCCOC)=C[C@H](c2coc3ccccc3c2=O)[C@H]1CCCO. The predicted molar refractivity (Wildman–Crippen MR) is 115 cm³/mol. The summed E-state index contributed by atoms with van der Waals surface area (Å²) in [6.45, 7) is 2.90. The fourth-order valence-corrected chi connectivity index (χ4v) is 3.80. The molecule has 0 saturated carbocycles. The van der Waals surface area contributed by atoms with E-state index in [-0.39, 0.29) is 23.7 Å². The first-order valence-corrected chi connectivity index (χ1v) is 10.5. The van der Waals surface area contributed by atoms with E-state index in [1.54, 1.807) is 37.5 Å². The number of hydrogen-bond acceptors (Lipinski definition) is 7. The molecule has 0 unspecified atom stereocenters. The highest BCUT2D eigenvalue weighted by atomic mass is 16.7. The summed E-state index contributed by atoms with van der Waals surface area (Å²) in [6, 6.07) is 7.04. The first-order valence-electron chi connectivity index (χ1n) is 10.5. The lowest BCUT2D eigenvalue weighted by Crippen LogP contribution is -2.40. The number of methoxy groups -OCH3 is 1. The van der Waals surface area contributed by atoms with Gasteiger partial charge in [-0.1, -0.05) is 12.1 Å². The van der Waals surface area contributed by atoms with Crippen molar-refractivity contribution >= 4 is 16.9 Å². The van der Waals surface area contributed by atoms with Gasteiger partial charge in [0.05, 0.1) is 18.3 Å². The normalized spacial score (nSPS) is 20.9. The molecule has 3 rings (SSSR count). The molecule has 31 heavy (non-hydrogen) atoms. The molecule has 0 fully saturated rings. The van der Waals surface area contributed by atoms with Gasteiger partial charge in [0.25, 0.3) is 5.91 Å². The minimum absolute atomic E-state index is 0.00245. The van der Waals surface area contributed by atoms with Crippen molar-refractivity contribution in [3.63, 3.8) is 0 Å². The molecule has 2 heterocycles. The summed E-state index contributed by atoms with van der Waals surface area (Å²) in [4.78, 5) is 25.9. The van der Waals surface area contributed by atoms with E-state index in [1.807, 2.05) is 6.92 Å². The van der Waals surface area contributed by atoms with Crippen LogP contribution < -0.4 is 10.7 Å². The molecule has 8 nitrogen and oxygen atoms in total. The van der Waals surface area contributed by atoms with Crippen molar-refractivity contribution in [1.82, 2.24) is 5.32 Å². The maximum Gasteiger partial charge on any atom is 0.286 e. The van der Waals surface area contributed by atoms with E-state index in [1.165, 1.54) is 6.26 Å². The predicted octanol–water partition coefficient (Wildman–Crippen LogP) is 2.30. The number of hydrogen-bond donors (Lipinski definition) is 2. The number of amides is 1. The number of fused-ring (bicyclic) bond motifs is 1. The van der Waals surface area contributed by atoms with E-state index in [4.69, 9.17) is 18.6 Å². The lowest BCUT2D eigenvalue weighted by molar-refractivity contribution is -0.166. The highest BCUT2D eigenvalue weighted by Gasteiger charge is 2.39. The number of rotatable bonds is 10. The molecule has 2 N–H and O–H groups in total. The molecule has 0 spiro atoms. The monoisotopic (exact) mass is 431 g/mol. The lowest BCUT2D eigenvalue weighted by Gasteiger charge is -2.36. The number of allylic oxidation sites excluding steroid dienone is 1. The molecule has 1 amide bonds. The van der Waals surface area contributed by atoms with Crippen LogP contribution in [-0.4, -0.2) is 50.8 Å². The van der Waals surface area contributed by atoms with Gasteiger partial charge in [-0.3, -0.25) is 9.59 Å². The van der Waals surface area contributed by atoms with E-state index in [0.717, 1.165) is 0 Å². The lowest BCUT2D eigenvalue weighted by atomic mass is 9.81. The Labute approximate surface area is 180 Å². The second-order valence-corrected chi connectivity index (χ2v) is 7.29. The van der Waals surface area contributed by atoms with E-state index >= 15 is 0 Å². The first kappa shape index (κ1) is 23.0. The summed E-state index contributed by atoms with van der Waals surface area (Å²) in [7, 11) is 1.55. The fourth-order valence-electron chi connectivity index (χ4n) is 3.80. The Kier molecular flexibility index (Phi) is 8.22. The standard InChI is InChI=1S/C23H29NO7/c1-3-29-23-15(8-6-11-25)17(13-20(31-23)22(27)24-10-12-28-2)18-14-30-19-9-5-4-7-16(19)21(18)26/h4-5,7,9,13-15,17,23,25H,3,6,8,10-12H2,1-2H3,(H,24,27)/t15-,17+,23-/m1/s1. The summed E-state index contributed by atoms with van der Waals surface area (Å²) >= 11 is 0. The van der Waals surface area contributed by atoms with Crippen LogP contribution in [0.3, 0.4) is 0 Å². The van der Waals surface area contributed by atoms with Crippen LogP contribution in [-0.2, 0) is 19.0 Å². The maximum atomic E-state index is 13.3. The third kappa shape index (κ3) is 5.33. The van der Waals surface area contributed by atoms with Gasteiger partial charge in [-0.2, -0.15) is 0 Å². The van der Waals surface area contributed by atoms with Crippen molar-refractivity contribution in [1.29, 1.82) is 0 Å². The van der Waals surface area contributed by atoms with Gasteiger partial charge in [-0.05, 0) is 38.0 Å². The molecule has 1 aliphatic rings. The smallest absolute Gasteiger partial charge is 0.286 e. The van der Waals surface area contributed by atoms with Gasteiger partial charge in [0.1, 0.15) is 5.58 Å². The van der Waals surface area contributed by atoms with Gasteiger partial charge in [0.15, 0.2) is 11.2 Å². The number of benzene rings is 1. The number of aliphatic hydroxyl groups is 1. The number of nitrogens with one attached hydrogen (secondary N) is 1. The molecule has 0 bridgehead atoms. The topological polar surface area (TPSA) is 107 Å². The van der Waals surface area contributed by atoms with Crippen LogP contribution in [0.5, 0.6) is 0 Å². The number of ether oxygens (including phenoxy) is 3. The van der Waals surface area contributed by atoms with Crippen molar-refractivity contribution in [2.45, 2.75) is 32.0 Å². The molecule has 1 aromatic carbocycles. The molecule has 1 aliphatic heterocycles. The Bertz CT molecular complexity index is 968. The molecule has 3 atom stereocenters. The quantitative estimate of drug-likeness (QED) is 0.556. The highest BCUT2D eigenvalue weighted by Crippen LogP contribution is 2.38. The maximum absolute atomic E-state index is 13.3. The number of para-hydroxylation sites is 1. The van der Waals surface area contributed by atoms with Crippen molar-refractivity contribution in [2.75, 3.05) is 33.5 Å². The van der Waals surface area contributed by atoms with Crippen LogP contribution in [0, 0.1) is 5.92 Å². The van der Waals surface area contributed by atoms with Crippen molar-refractivity contribution in [3.8, 4) is 0 Å². The zero-order valence-electron chi connectivity index (χ0n) is 17.8. The minimum atomic E-state index is -0.736. The Hall–Kier alpha value is -2.68. The van der Waals surface area contributed by atoms with E-state index in [0.29, 0.717) is 49.1 Å². The van der Waals surface area contributed by atoms with Crippen LogP contribution in [0.15, 0.2) is 51.6 Å². The molecule has 0 aliphatic carbocycles.